The lowest BCUT2D eigenvalue weighted by atomic mass is 10.0. The first kappa shape index (κ1) is 11.0. The zero-order valence-electron chi connectivity index (χ0n) is 8.99. The van der Waals surface area contributed by atoms with Crippen LogP contribution in [0.5, 0.6) is 0 Å². The van der Waals surface area contributed by atoms with Gasteiger partial charge in [-0.2, -0.15) is 5.26 Å². The van der Waals surface area contributed by atoms with Crippen LogP contribution < -0.4 is 0 Å². The molecule has 1 fully saturated rings. The number of nitriles is 1. The summed E-state index contributed by atoms with van der Waals surface area (Å²) < 4.78 is 0. The van der Waals surface area contributed by atoms with Crippen LogP contribution in [-0.2, 0) is 4.79 Å². The first-order chi connectivity index (χ1) is 6.65. The van der Waals surface area contributed by atoms with Crippen LogP contribution in [0, 0.1) is 17.2 Å². The van der Waals surface area contributed by atoms with Crippen LogP contribution in [0.15, 0.2) is 0 Å². The molecular weight excluding hydrogens is 176 g/mol. The van der Waals surface area contributed by atoms with Crippen molar-refractivity contribution < 1.29 is 4.79 Å². The second-order valence-electron chi connectivity index (χ2n) is 4.16. The van der Waals surface area contributed by atoms with E-state index in [1.54, 1.807) is 18.9 Å². The van der Waals surface area contributed by atoms with Crippen LogP contribution in [0.1, 0.15) is 39.0 Å². The van der Waals surface area contributed by atoms with Crippen LogP contribution in [0.25, 0.3) is 0 Å². The molecule has 0 aromatic heterocycles. The molecule has 3 nitrogen and oxygen atoms in total. The van der Waals surface area contributed by atoms with Gasteiger partial charge in [-0.25, -0.2) is 0 Å². The van der Waals surface area contributed by atoms with Gasteiger partial charge in [0.2, 0.25) is 5.91 Å². The summed E-state index contributed by atoms with van der Waals surface area (Å²) in [5.41, 5.74) is 0. The predicted octanol–water partition coefficient (Wildman–Crippen LogP) is 1.94. The molecule has 1 rings (SSSR count). The first-order valence-corrected chi connectivity index (χ1v) is 5.30. The molecule has 78 valence electrons. The third-order valence-corrected chi connectivity index (χ3v) is 3.10. The molecule has 0 saturated heterocycles. The summed E-state index contributed by atoms with van der Waals surface area (Å²) in [5.74, 6) is 0.682. The van der Waals surface area contributed by atoms with Crippen molar-refractivity contribution in [2.75, 3.05) is 7.05 Å². The normalized spacial score (nSPS) is 18.9. The topological polar surface area (TPSA) is 44.1 Å². The Labute approximate surface area is 85.7 Å². The Morgan fingerprint density at radius 3 is 2.64 bits per heavy atom. The second kappa shape index (κ2) is 4.99. The Bertz CT molecular complexity index is 238. The van der Waals surface area contributed by atoms with E-state index in [1.165, 1.54) is 25.7 Å². The number of nitrogens with zero attached hydrogens (tertiary/aromatic N) is 2. The highest BCUT2D eigenvalue weighted by Crippen LogP contribution is 2.27. The molecule has 0 bridgehead atoms. The fraction of sp³-hybridized carbons (Fsp3) is 0.818. The summed E-state index contributed by atoms with van der Waals surface area (Å²) in [6.45, 7) is 1.76. The lowest BCUT2D eigenvalue weighted by molar-refractivity contribution is -0.131. The first-order valence-electron chi connectivity index (χ1n) is 5.30. The zero-order valence-corrected chi connectivity index (χ0v) is 8.99. The van der Waals surface area contributed by atoms with Gasteiger partial charge in [0.1, 0.15) is 6.04 Å². The minimum Gasteiger partial charge on any atom is -0.330 e. The van der Waals surface area contributed by atoms with E-state index in [1.807, 2.05) is 0 Å². The SMILES string of the molecule is CC(C#N)N(C)C(=O)CC1CCCC1. The average Bonchev–Trinajstić information content (AvgIpc) is 2.68. The Morgan fingerprint density at radius 1 is 1.57 bits per heavy atom. The Hall–Kier alpha value is -1.04. The maximum atomic E-state index is 11.7. The van der Waals surface area contributed by atoms with Gasteiger partial charge in [0.15, 0.2) is 0 Å². The molecule has 0 heterocycles. The van der Waals surface area contributed by atoms with E-state index in [4.69, 9.17) is 5.26 Å². The van der Waals surface area contributed by atoms with Crippen LogP contribution >= 0.6 is 0 Å². The van der Waals surface area contributed by atoms with Gasteiger partial charge in [0.05, 0.1) is 6.07 Å². The fourth-order valence-corrected chi connectivity index (χ4v) is 1.91. The summed E-state index contributed by atoms with van der Waals surface area (Å²) in [6.07, 6.45) is 5.51. The maximum absolute atomic E-state index is 11.7. The van der Waals surface area contributed by atoms with E-state index >= 15 is 0 Å². The highest BCUT2D eigenvalue weighted by Gasteiger charge is 2.22. The number of rotatable bonds is 3. The number of carbonyl (C=O) groups excluding carboxylic acids is 1. The van der Waals surface area contributed by atoms with Gasteiger partial charge in [-0.05, 0) is 25.7 Å². The third-order valence-electron chi connectivity index (χ3n) is 3.10. The van der Waals surface area contributed by atoms with E-state index < -0.39 is 0 Å². The molecule has 0 aromatic rings. The lowest BCUT2D eigenvalue weighted by Gasteiger charge is -2.21. The number of hydrogen-bond donors (Lipinski definition) is 0. The molecule has 3 heteroatoms. The van der Waals surface area contributed by atoms with Crippen LogP contribution in [0.3, 0.4) is 0 Å². The molecule has 1 amide bonds. The maximum Gasteiger partial charge on any atom is 0.223 e. The van der Waals surface area contributed by atoms with Crippen molar-refractivity contribution in [1.82, 2.24) is 4.90 Å². The summed E-state index contributed by atoms with van der Waals surface area (Å²) in [4.78, 5) is 13.2. The van der Waals surface area contributed by atoms with Crippen LogP contribution in [-0.4, -0.2) is 23.9 Å². The van der Waals surface area contributed by atoms with E-state index in [2.05, 4.69) is 6.07 Å². The minimum atomic E-state index is -0.302. The van der Waals surface area contributed by atoms with E-state index in [0.717, 1.165) is 0 Å². The quantitative estimate of drug-likeness (QED) is 0.689. The monoisotopic (exact) mass is 194 g/mol. The predicted molar refractivity (Wildman–Crippen MR) is 54.4 cm³/mol. The molecule has 1 aliphatic carbocycles. The van der Waals surface area contributed by atoms with Crippen molar-refractivity contribution in [3.8, 4) is 6.07 Å². The minimum absolute atomic E-state index is 0.117. The number of hydrogen-bond acceptors (Lipinski definition) is 2. The second-order valence-corrected chi connectivity index (χ2v) is 4.16. The molecule has 1 saturated carbocycles. The molecule has 14 heavy (non-hydrogen) atoms. The Balaban J connectivity index is 2.37. The molecular formula is C11H18N2O. The van der Waals surface area contributed by atoms with Crippen molar-refractivity contribution in [3.05, 3.63) is 0 Å². The zero-order chi connectivity index (χ0) is 10.6. The van der Waals surface area contributed by atoms with Crippen molar-refractivity contribution in [3.63, 3.8) is 0 Å². The lowest BCUT2D eigenvalue weighted by Crippen LogP contribution is -2.34. The van der Waals surface area contributed by atoms with Crippen LogP contribution in [0.4, 0.5) is 0 Å². The molecule has 1 aliphatic rings. The van der Waals surface area contributed by atoms with Gasteiger partial charge in [-0.1, -0.05) is 12.8 Å². The van der Waals surface area contributed by atoms with Gasteiger partial charge >= 0.3 is 0 Å². The van der Waals surface area contributed by atoms with Gasteiger partial charge < -0.3 is 4.90 Å². The summed E-state index contributed by atoms with van der Waals surface area (Å²) in [6, 6.07) is 1.77. The van der Waals surface area contributed by atoms with Gasteiger partial charge in [0, 0.05) is 13.5 Å². The molecule has 0 aliphatic heterocycles. The Kier molecular flexibility index (Phi) is 3.94. The molecule has 1 unspecified atom stereocenters. The average molecular weight is 194 g/mol. The highest BCUT2D eigenvalue weighted by molar-refractivity contribution is 5.76. The van der Waals surface area contributed by atoms with Crippen molar-refractivity contribution in [1.29, 1.82) is 5.26 Å². The molecule has 0 aromatic carbocycles. The summed E-state index contributed by atoms with van der Waals surface area (Å²) >= 11 is 0. The van der Waals surface area contributed by atoms with Gasteiger partial charge in [0.25, 0.3) is 0 Å². The highest BCUT2D eigenvalue weighted by atomic mass is 16.2. The molecule has 0 radical (unpaired) electrons. The van der Waals surface area contributed by atoms with Crippen LogP contribution in [0.2, 0.25) is 0 Å². The van der Waals surface area contributed by atoms with Gasteiger partial charge in [-0.15, -0.1) is 0 Å². The van der Waals surface area contributed by atoms with Crippen molar-refractivity contribution in [2.45, 2.75) is 45.1 Å². The fourth-order valence-electron chi connectivity index (χ4n) is 1.91. The summed E-state index contributed by atoms with van der Waals surface area (Å²) in [5, 5.41) is 8.67. The molecule has 1 atom stereocenters. The van der Waals surface area contributed by atoms with E-state index in [0.29, 0.717) is 12.3 Å². The number of carbonyl (C=O) groups is 1. The molecule has 0 spiro atoms. The van der Waals surface area contributed by atoms with Crippen molar-refractivity contribution in [2.24, 2.45) is 5.92 Å². The largest absolute Gasteiger partial charge is 0.330 e. The standard InChI is InChI=1S/C11H18N2O/c1-9(8-12)13(2)11(14)7-10-5-3-4-6-10/h9-10H,3-7H2,1-2H3. The smallest absolute Gasteiger partial charge is 0.223 e. The van der Waals surface area contributed by atoms with Crippen molar-refractivity contribution >= 4 is 5.91 Å². The van der Waals surface area contributed by atoms with E-state index in [-0.39, 0.29) is 11.9 Å². The van der Waals surface area contributed by atoms with Gasteiger partial charge in [-0.3, -0.25) is 4.79 Å². The number of amides is 1. The van der Waals surface area contributed by atoms with E-state index in [9.17, 15) is 4.79 Å². The third kappa shape index (κ3) is 2.73. The molecule has 0 N–H and O–H groups in total. The Morgan fingerprint density at radius 2 is 2.14 bits per heavy atom. The summed E-state index contributed by atoms with van der Waals surface area (Å²) in [7, 11) is 1.71.